The van der Waals surface area contributed by atoms with Crippen molar-refractivity contribution in [2.75, 3.05) is 10.6 Å². The van der Waals surface area contributed by atoms with E-state index in [1.807, 2.05) is 31.2 Å². The third-order valence-corrected chi connectivity index (χ3v) is 3.99. The van der Waals surface area contributed by atoms with Crippen LogP contribution >= 0.6 is 11.6 Å². The molecule has 26 heavy (non-hydrogen) atoms. The highest BCUT2D eigenvalue weighted by atomic mass is 35.5. The third kappa shape index (κ3) is 4.18. The molecule has 1 aromatic heterocycles. The highest BCUT2D eigenvalue weighted by Crippen LogP contribution is 2.24. The molecule has 2 N–H and O–H groups in total. The number of aromatic nitrogens is 1. The number of nitriles is 1. The first-order valence-electron chi connectivity index (χ1n) is 7.85. The van der Waals surface area contributed by atoms with Crippen LogP contribution in [0.2, 0.25) is 5.02 Å². The van der Waals surface area contributed by atoms with Gasteiger partial charge in [0.05, 0.1) is 29.1 Å². The minimum atomic E-state index is -0.284. The number of nitrogens with one attached hydrogen (secondary N) is 2. The molecular formula is C20H15ClN4O. The first-order chi connectivity index (χ1) is 12.5. The van der Waals surface area contributed by atoms with Crippen LogP contribution in [-0.4, -0.2) is 10.9 Å². The van der Waals surface area contributed by atoms with Crippen LogP contribution in [-0.2, 0) is 0 Å². The molecule has 6 heteroatoms. The lowest BCUT2D eigenvalue weighted by Gasteiger charge is -2.11. The van der Waals surface area contributed by atoms with Crippen molar-refractivity contribution in [2.45, 2.75) is 6.92 Å². The summed E-state index contributed by atoms with van der Waals surface area (Å²) < 4.78 is 0. The number of carbonyl (C=O) groups excluding carboxylic acids is 1. The van der Waals surface area contributed by atoms with Crippen molar-refractivity contribution < 1.29 is 4.79 Å². The van der Waals surface area contributed by atoms with Gasteiger partial charge in [0.1, 0.15) is 0 Å². The minimum Gasteiger partial charge on any atom is -0.354 e. The van der Waals surface area contributed by atoms with E-state index in [1.54, 1.807) is 36.5 Å². The van der Waals surface area contributed by atoms with Crippen LogP contribution in [0, 0.1) is 18.3 Å². The molecule has 0 saturated heterocycles. The number of hydrogen-bond donors (Lipinski definition) is 2. The molecule has 3 aromatic rings. The average Bonchev–Trinajstić information content (AvgIpc) is 2.65. The molecule has 0 aliphatic rings. The van der Waals surface area contributed by atoms with Crippen LogP contribution in [0.25, 0.3) is 0 Å². The van der Waals surface area contributed by atoms with Crippen molar-refractivity contribution in [3.8, 4) is 6.07 Å². The molecule has 3 rings (SSSR count). The molecule has 0 unspecified atom stereocenters. The van der Waals surface area contributed by atoms with E-state index in [0.29, 0.717) is 27.5 Å². The molecule has 0 fully saturated rings. The lowest BCUT2D eigenvalue weighted by atomic mass is 10.2. The fourth-order valence-electron chi connectivity index (χ4n) is 2.35. The number of amides is 1. The first kappa shape index (κ1) is 17.5. The average molecular weight is 363 g/mol. The summed E-state index contributed by atoms with van der Waals surface area (Å²) in [6.07, 6.45) is 3.13. The van der Waals surface area contributed by atoms with Gasteiger partial charge in [0.15, 0.2) is 0 Å². The van der Waals surface area contributed by atoms with E-state index in [2.05, 4.69) is 15.6 Å². The Morgan fingerprint density at radius 2 is 1.85 bits per heavy atom. The zero-order valence-electron chi connectivity index (χ0n) is 14.0. The molecular weight excluding hydrogens is 348 g/mol. The molecule has 0 spiro atoms. The van der Waals surface area contributed by atoms with Crippen molar-refractivity contribution in [2.24, 2.45) is 0 Å². The summed E-state index contributed by atoms with van der Waals surface area (Å²) in [6, 6.07) is 16.0. The maximum atomic E-state index is 12.4. The number of pyridine rings is 1. The highest BCUT2D eigenvalue weighted by Gasteiger charge is 2.09. The Morgan fingerprint density at radius 3 is 2.58 bits per heavy atom. The molecule has 0 radical (unpaired) electrons. The Morgan fingerprint density at radius 1 is 1.08 bits per heavy atom. The predicted molar refractivity (Wildman–Crippen MR) is 103 cm³/mol. The number of anilines is 3. The standard InChI is InChI=1S/C20H15ClN4O/c1-13-2-5-16(21)9-19(13)24-18-8-15(11-23-12-18)20(26)25-17-6-3-14(10-22)4-7-17/h2-9,11-12,24H,1H3,(H,25,26). The van der Waals surface area contributed by atoms with E-state index < -0.39 is 0 Å². The first-order valence-corrected chi connectivity index (χ1v) is 8.23. The smallest absolute Gasteiger partial charge is 0.257 e. The minimum absolute atomic E-state index is 0.284. The van der Waals surface area contributed by atoms with Gasteiger partial charge in [0, 0.05) is 22.6 Å². The monoisotopic (exact) mass is 362 g/mol. The Balaban J connectivity index is 1.76. The van der Waals surface area contributed by atoms with E-state index >= 15 is 0 Å². The number of rotatable bonds is 4. The van der Waals surface area contributed by atoms with Crippen molar-refractivity contribution in [1.82, 2.24) is 4.98 Å². The molecule has 0 aliphatic heterocycles. The van der Waals surface area contributed by atoms with E-state index in [9.17, 15) is 4.79 Å². The SMILES string of the molecule is Cc1ccc(Cl)cc1Nc1cncc(C(=O)Nc2ccc(C#N)cc2)c1. The van der Waals surface area contributed by atoms with Crippen LogP contribution in [0.5, 0.6) is 0 Å². The second kappa shape index (κ2) is 7.68. The van der Waals surface area contributed by atoms with Crippen LogP contribution in [0.3, 0.4) is 0 Å². The normalized spacial score (nSPS) is 10.0. The summed E-state index contributed by atoms with van der Waals surface area (Å²) in [5.41, 5.74) is 4.12. The quantitative estimate of drug-likeness (QED) is 0.691. The fraction of sp³-hybridized carbons (Fsp3) is 0.0500. The number of nitrogens with zero attached hydrogens (tertiary/aromatic N) is 2. The molecule has 2 aromatic carbocycles. The number of aryl methyl sites for hydroxylation is 1. The summed E-state index contributed by atoms with van der Waals surface area (Å²) in [7, 11) is 0. The summed E-state index contributed by atoms with van der Waals surface area (Å²) in [4.78, 5) is 16.6. The van der Waals surface area contributed by atoms with Gasteiger partial charge in [-0.05, 0) is 55.0 Å². The Kier molecular flexibility index (Phi) is 5.16. The lowest BCUT2D eigenvalue weighted by molar-refractivity contribution is 0.102. The predicted octanol–water partition coefficient (Wildman–Crippen LogP) is 4.91. The van der Waals surface area contributed by atoms with Crippen LogP contribution in [0.15, 0.2) is 60.9 Å². The van der Waals surface area contributed by atoms with Crippen molar-refractivity contribution in [1.29, 1.82) is 5.26 Å². The largest absolute Gasteiger partial charge is 0.354 e. The fourth-order valence-corrected chi connectivity index (χ4v) is 2.52. The zero-order valence-corrected chi connectivity index (χ0v) is 14.7. The third-order valence-electron chi connectivity index (χ3n) is 3.75. The molecule has 5 nitrogen and oxygen atoms in total. The van der Waals surface area contributed by atoms with E-state index in [4.69, 9.17) is 16.9 Å². The Labute approximate surface area is 156 Å². The van der Waals surface area contributed by atoms with Gasteiger partial charge in [-0.2, -0.15) is 5.26 Å². The van der Waals surface area contributed by atoms with Gasteiger partial charge in [0.2, 0.25) is 0 Å². The van der Waals surface area contributed by atoms with Gasteiger partial charge >= 0.3 is 0 Å². The van der Waals surface area contributed by atoms with Gasteiger partial charge in [-0.25, -0.2) is 0 Å². The second-order valence-corrected chi connectivity index (χ2v) is 6.13. The van der Waals surface area contributed by atoms with Crippen molar-refractivity contribution >= 4 is 34.6 Å². The summed E-state index contributed by atoms with van der Waals surface area (Å²) in [5.74, 6) is -0.284. The van der Waals surface area contributed by atoms with E-state index in [-0.39, 0.29) is 5.91 Å². The second-order valence-electron chi connectivity index (χ2n) is 5.69. The molecule has 0 aliphatic carbocycles. The Bertz CT molecular complexity index is 993. The molecule has 128 valence electrons. The summed E-state index contributed by atoms with van der Waals surface area (Å²) in [6.45, 7) is 1.97. The molecule has 0 atom stereocenters. The van der Waals surface area contributed by atoms with Crippen LogP contribution in [0.1, 0.15) is 21.5 Å². The highest BCUT2D eigenvalue weighted by molar-refractivity contribution is 6.30. The van der Waals surface area contributed by atoms with Crippen molar-refractivity contribution in [3.63, 3.8) is 0 Å². The topological polar surface area (TPSA) is 77.8 Å². The number of halogens is 1. The van der Waals surface area contributed by atoms with Gasteiger partial charge in [-0.1, -0.05) is 17.7 Å². The summed E-state index contributed by atoms with van der Waals surface area (Å²) >= 11 is 6.04. The Hall–Kier alpha value is -3.36. The van der Waals surface area contributed by atoms with Gasteiger partial charge < -0.3 is 10.6 Å². The number of hydrogen-bond acceptors (Lipinski definition) is 4. The molecule has 1 amide bonds. The van der Waals surface area contributed by atoms with E-state index in [1.165, 1.54) is 6.20 Å². The van der Waals surface area contributed by atoms with Crippen LogP contribution in [0.4, 0.5) is 17.1 Å². The number of benzene rings is 2. The van der Waals surface area contributed by atoms with Gasteiger partial charge in [-0.3, -0.25) is 9.78 Å². The van der Waals surface area contributed by atoms with Crippen molar-refractivity contribution in [3.05, 3.63) is 82.6 Å². The summed E-state index contributed by atoms with van der Waals surface area (Å²) in [5, 5.41) is 15.4. The van der Waals surface area contributed by atoms with E-state index in [0.717, 1.165) is 11.3 Å². The lowest BCUT2D eigenvalue weighted by Crippen LogP contribution is -2.12. The maximum absolute atomic E-state index is 12.4. The molecule has 0 bridgehead atoms. The van der Waals surface area contributed by atoms with Crippen LogP contribution < -0.4 is 10.6 Å². The zero-order chi connectivity index (χ0) is 18.5. The molecule has 1 heterocycles. The van der Waals surface area contributed by atoms with Gasteiger partial charge in [-0.15, -0.1) is 0 Å². The van der Waals surface area contributed by atoms with Gasteiger partial charge in [0.25, 0.3) is 5.91 Å². The maximum Gasteiger partial charge on any atom is 0.257 e. The molecule has 0 saturated carbocycles. The number of carbonyl (C=O) groups is 1.